The number of aryl methyl sites for hydroxylation is 1. The molecule has 2 heterocycles. The van der Waals surface area contributed by atoms with Gasteiger partial charge < -0.3 is 0 Å². The average molecular weight is 342 g/mol. The van der Waals surface area contributed by atoms with Crippen molar-refractivity contribution in [3.8, 4) is 16.8 Å². The third-order valence-corrected chi connectivity index (χ3v) is 4.44. The number of carbonyl (C=O) groups excluding carboxylic acids is 1. The molecule has 0 amide bonds. The molecule has 0 aliphatic carbocycles. The number of aromatic nitrogens is 4. The number of imidazole rings is 1. The zero-order valence-electron chi connectivity index (χ0n) is 14.7. The molecular formula is C21H18N4O. The molecule has 5 heteroatoms. The molecule has 0 saturated carbocycles. The first-order valence-corrected chi connectivity index (χ1v) is 8.55. The predicted molar refractivity (Wildman–Crippen MR) is 101 cm³/mol. The average Bonchev–Trinajstić information content (AvgIpc) is 3.06. The Bertz CT molecular complexity index is 1100. The minimum absolute atomic E-state index is 0.0468. The summed E-state index contributed by atoms with van der Waals surface area (Å²) in [4.78, 5) is 24.6. The van der Waals surface area contributed by atoms with Gasteiger partial charge in [0.15, 0.2) is 5.78 Å². The minimum atomic E-state index is 0.0468. The van der Waals surface area contributed by atoms with Crippen LogP contribution in [0, 0.1) is 0 Å². The van der Waals surface area contributed by atoms with E-state index in [2.05, 4.69) is 33.6 Å². The van der Waals surface area contributed by atoms with E-state index < -0.39 is 0 Å². The standard InChI is InChI=1S/C21H18N4O/c1-3-21-24-19-10-15(14(2)26)7-8-20(19)25(21)18-6-4-5-16(9-18)17-11-22-13-23-12-17/h4-13H,3H2,1-2H3. The second-order valence-electron chi connectivity index (χ2n) is 6.15. The summed E-state index contributed by atoms with van der Waals surface area (Å²) >= 11 is 0. The van der Waals surface area contributed by atoms with Gasteiger partial charge in [0, 0.05) is 35.6 Å². The van der Waals surface area contributed by atoms with Crippen molar-refractivity contribution >= 4 is 16.8 Å². The van der Waals surface area contributed by atoms with E-state index in [4.69, 9.17) is 4.98 Å². The normalized spacial score (nSPS) is 11.0. The maximum absolute atomic E-state index is 11.7. The molecule has 0 aliphatic rings. The lowest BCUT2D eigenvalue weighted by atomic mass is 10.1. The van der Waals surface area contributed by atoms with Gasteiger partial charge in [-0.1, -0.05) is 19.1 Å². The molecule has 5 nitrogen and oxygen atoms in total. The maximum Gasteiger partial charge on any atom is 0.159 e. The summed E-state index contributed by atoms with van der Waals surface area (Å²) in [5.41, 5.74) is 5.56. The number of fused-ring (bicyclic) bond motifs is 1. The fourth-order valence-corrected chi connectivity index (χ4v) is 3.15. The van der Waals surface area contributed by atoms with E-state index in [1.165, 1.54) is 6.33 Å². The summed E-state index contributed by atoms with van der Waals surface area (Å²) in [6.07, 6.45) is 5.93. The highest BCUT2D eigenvalue weighted by Crippen LogP contribution is 2.26. The molecule has 0 atom stereocenters. The lowest BCUT2D eigenvalue weighted by Crippen LogP contribution is -2.00. The number of hydrogen-bond acceptors (Lipinski definition) is 4. The molecule has 0 bridgehead atoms. The molecule has 0 aliphatic heterocycles. The number of carbonyl (C=O) groups is 1. The van der Waals surface area contributed by atoms with Gasteiger partial charge in [0.1, 0.15) is 12.2 Å². The van der Waals surface area contributed by atoms with Crippen molar-refractivity contribution in [2.24, 2.45) is 0 Å². The van der Waals surface area contributed by atoms with Gasteiger partial charge in [-0.15, -0.1) is 0 Å². The van der Waals surface area contributed by atoms with E-state index in [-0.39, 0.29) is 5.78 Å². The first kappa shape index (κ1) is 16.1. The Kier molecular flexibility index (Phi) is 4.05. The number of ketones is 1. The number of rotatable bonds is 4. The molecule has 4 rings (SSSR count). The summed E-state index contributed by atoms with van der Waals surface area (Å²) in [6, 6.07) is 13.9. The molecule has 0 radical (unpaired) electrons. The van der Waals surface area contributed by atoms with Gasteiger partial charge in [-0.25, -0.2) is 15.0 Å². The van der Waals surface area contributed by atoms with Gasteiger partial charge in [0.2, 0.25) is 0 Å². The van der Waals surface area contributed by atoms with Crippen LogP contribution in [0.4, 0.5) is 0 Å². The van der Waals surface area contributed by atoms with Gasteiger partial charge in [-0.2, -0.15) is 0 Å². The largest absolute Gasteiger partial charge is 0.296 e. The van der Waals surface area contributed by atoms with E-state index in [1.54, 1.807) is 19.3 Å². The summed E-state index contributed by atoms with van der Waals surface area (Å²) in [7, 11) is 0. The Hall–Kier alpha value is -3.34. The second-order valence-corrected chi connectivity index (χ2v) is 6.15. The molecule has 0 N–H and O–H groups in total. The van der Waals surface area contributed by atoms with Gasteiger partial charge in [-0.05, 0) is 42.8 Å². The summed E-state index contributed by atoms with van der Waals surface area (Å²) < 4.78 is 2.15. The highest BCUT2D eigenvalue weighted by molar-refractivity contribution is 5.97. The number of nitrogens with zero attached hydrogens (tertiary/aromatic N) is 4. The Morgan fingerprint density at radius 2 is 1.85 bits per heavy atom. The fraction of sp³-hybridized carbons (Fsp3) is 0.143. The van der Waals surface area contributed by atoms with Crippen LogP contribution in [-0.2, 0) is 6.42 Å². The molecule has 0 fully saturated rings. The maximum atomic E-state index is 11.7. The molecule has 128 valence electrons. The first-order chi connectivity index (χ1) is 12.7. The predicted octanol–water partition coefficient (Wildman–Crippen LogP) is 4.25. The van der Waals surface area contributed by atoms with Crippen LogP contribution < -0.4 is 0 Å². The van der Waals surface area contributed by atoms with Crippen LogP contribution >= 0.6 is 0 Å². The molecular weight excluding hydrogens is 324 g/mol. The van der Waals surface area contributed by atoms with E-state index in [1.807, 2.05) is 30.3 Å². The first-order valence-electron chi connectivity index (χ1n) is 8.55. The van der Waals surface area contributed by atoms with Crippen molar-refractivity contribution in [1.29, 1.82) is 0 Å². The smallest absolute Gasteiger partial charge is 0.159 e. The zero-order valence-corrected chi connectivity index (χ0v) is 14.7. The highest BCUT2D eigenvalue weighted by atomic mass is 16.1. The Balaban J connectivity index is 1.90. The molecule has 2 aromatic carbocycles. The Morgan fingerprint density at radius 3 is 2.58 bits per heavy atom. The molecule has 4 aromatic rings. The van der Waals surface area contributed by atoms with E-state index >= 15 is 0 Å². The van der Waals surface area contributed by atoms with Gasteiger partial charge in [0.05, 0.1) is 11.0 Å². The molecule has 26 heavy (non-hydrogen) atoms. The SMILES string of the molecule is CCc1nc2cc(C(C)=O)ccc2n1-c1cccc(-c2cncnc2)c1. The van der Waals surface area contributed by atoms with E-state index in [0.717, 1.165) is 40.1 Å². The topological polar surface area (TPSA) is 60.7 Å². The van der Waals surface area contributed by atoms with Crippen LogP contribution in [0.15, 0.2) is 61.2 Å². The van der Waals surface area contributed by atoms with Crippen LogP contribution in [0.3, 0.4) is 0 Å². The number of hydrogen-bond donors (Lipinski definition) is 0. The monoisotopic (exact) mass is 342 g/mol. The third kappa shape index (κ3) is 2.77. The van der Waals surface area contributed by atoms with Crippen molar-refractivity contribution in [3.63, 3.8) is 0 Å². The van der Waals surface area contributed by atoms with Crippen molar-refractivity contribution in [1.82, 2.24) is 19.5 Å². The van der Waals surface area contributed by atoms with Crippen LogP contribution in [0.1, 0.15) is 30.0 Å². The number of benzene rings is 2. The molecule has 0 saturated heterocycles. The van der Waals surface area contributed by atoms with Crippen LogP contribution in [0.25, 0.3) is 27.8 Å². The van der Waals surface area contributed by atoms with E-state index in [9.17, 15) is 4.79 Å². The van der Waals surface area contributed by atoms with Crippen molar-refractivity contribution in [3.05, 3.63) is 72.6 Å². The highest BCUT2D eigenvalue weighted by Gasteiger charge is 2.13. The lowest BCUT2D eigenvalue weighted by Gasteiger charge is -2.10. The molecule has 2 aromatic heterocycles. The minimum Gasteiger partial charge on any atom is -0.296 e. The quantitative estimate of drug-likeness (QED) is 0.520. The van der Waals surface area contributed by atoms with Crippen molar-refractivity contribution in [2.45, 2.75) is 20.3 Å². The van der Waals surface area contributed by atoms with Crippen LogP contribution in [0.2, 0.25) is 0 Å². The number of Topliss-reactive ketones (excluding diaryl/α,β-unsaturated/α-hetero) is 1. The lowest BCUT2D eigenvalue weighted by molar-refractivity contribution is 0.101. The van der Waals surface area contributed by atoms with Gasteiger partial charge in [-0.3, -0.25) is 9.36 Å². The van der Waals surface area contributed by atoms with Crippen molar-refractivity contribution < 1.29 is 4.79 Å². The summed E-state index contributed by atoms with van der Waals surface area (Å²) in [5.74, 6) is 1.01. The summed E-state index contributed by atoms with van der Waals surface area (Å²) in [5, 5.41) is 0. The van der Waals surface area contributed by atoms with Crippen molar-refractivity contribution in [2.75, 3.05) is 0 Å². The summed E-state index contributed by atoms with van der Waals surface area (Å²) in [6.45, 7) is 3.66. The second kappa shape index (κ2) is 6.52. The van der Waals surface area contributed by atoms with Crippen LogP contribution in [0.5, 0.6) is 0 Å². The third-order valence-electron chi connectivity index (χ3n) is 4.44. The van der Waals surface area contributed by atoms with Gasteiger partial charge in [0.25, 0.3) is 0 Å². The van der Waals surface area contributed by atoms with Gasteiger partial charge >= 0.3 is 0 Å². The fourth-order valence-electron chi connectivity index (χ4n) is 3.15. The zero-order chi connectivity index (χ0) is 18.1. The Labute approximate surface area is 151 Å². The molecule has 0 spiro atoms. The Morgan fingerprint density at radius 1 is 1.04 bits per heavy atom. The molecule has 0 unspecified atom stereocenters. The van der Waals surface area contributed by atoms with Crippen LogP contribution in [-0.4, -0.2) is 25.3 Å². The van der Waals surface area contributed by atoms with E-state index in [0.29, 0.717) is 5.56 Å².